The predicted octanol–water partition coefficient (Wildman–Crippen LogP) is 0.235. The number of nitrogens with zero attached hydrogens (tertiary/aromatic N) is 2. The van der Waals surface area contributed by atoms with Crippen molar-refractivity contribution in [2.24, 2.45) is 0 Å². The molecule has 0 aromatic carbocycles. The molecule has 1 heterocycles. The zero-order valence-corrected chi connectivity index (χ0v) is 5.46. The van der Waals surface area contributed by atoms with Crippen molar-refractivity contribution in [1.29, 1.82) is 0 Å². The van der Waals surface area contributed by atoms with Gasteiger partial charge in [0.05, 0.1) is 0 Å². The fraction of sp³-hybridized carbons (Fsp3) is 0.167. The summed E-state index contributed by atoms with van der Waals surface area (Å²) >= 11 is 0. The molecule has 51 valence electrons. The van der Waals surface area contributed by atoms with Gasteiger partial charge in [0.1, 0.15) is 6.20 Å². The highest BCUT2D eigenvalue weighted by molar-refractivity contribution is 5.87. The van der Waals surface area contributed by atoms with E-state index in [1.54, 1.807) is 0 Å². The van der Waals surface area contributed by atoms with Crippen LogP contribution in [0.4, 0.5) is 5.82 Å². The van der Waals surface area contributed by atoms with E-state index in [2.05, 4.69) is 21.5 Å². The molecule has 4 nitrogen and oxygen atoms in total. The third-order valence-electron chi connectivity index (χ3n) is 0.810. The molecule has 0 saturated heterocycles. The highest BCUT2D eigenvalue weighted by Crippen LogP contribution is 1.93. The zero-order valence-electron chi connectivity index (χ0n) is 5.46. The number of hydrogen-bond acceptors (Lipinski definition) is 3. The van der Waals surface area contributed by atoms with Crippen molar-refractivity contribution in [1.82, 2.24) is 9.97 Å². The molecule has 0 spiro atoms. The molecular formula is C6H6N3O. The van der Waals surface area contributed by atoms with Crippen molar-refractivity contribution in [3.8, 4) is 0 Å². The third kappa shape index (κ3) is 1.81. The van der Waals surface area contributed by atoms with Crippen molar-refractivity contribution in [3.05, 3.63) is 18.6 Å². The van der Waals surface area contributed by atoms with E-state index in [9.17, 15) is 4.79 Å². The Hall–Kier alpha value is -1.45. The van der Waals surface area contributed by atoms with Gasteiger partial charge in [0.2, 0.25) is 5.91 Å². The number of anilines is 1. The van der Waals surface area contributed by atoms with Crippen LogP contribution in [0.2, 0.25) is 0 Å². The standard InChI is InChI=1S/C6H6N3O/c1-5(10)9-6-4-7-2-3-8-6/h2-3H,1H3,(H,8,9,10). The Morgan fingerprint density at radius 2 is 2.50 bits per heavy atom. The fourth-order valence-corrected chi connectivity index (χ4v) is 0.495. The topological polar surface area (TPSA) is 54.9 Å². The molecule has 1 radical (unpaired) electrons. The van der Waals surface area contributed by atoms with Gasteiger partial charge < -0.3 is 5.32 Å². The minimum atomic E-state index is -0.170. The summed E-state index contributed by atoms with van der Waals surface area (Å²) in [6, 6.07) is 0. The first-order valence-electron chi connectivity index (χ1n) is 2.75. The second-order valence-corrected chi connectivity index (χ2v) is 1.70. The second-order valence-electron chi connectivity index (χ2n) is 1.70. The zero-order chi connectivity index (χ0) is 7.40. The number of nitrogens with one attached hydrogen (secondary N) is 1. The monoisotopic (exact) mass is 136 g/mol. The van der Waals surface area contributed by atoms with Gasteiger partial charge in [-0.2, -0.15) is 0 Å². The molecule has 0 aliphatic heterocycles. The van der Waals surface area contributed by atoms with Crippen LogP contribution in [0.1, 0.15) is 6.92 Å². The number of carbonyl (C=O) groups excluding carboxylic acids is 1. The number of aromatic nitrogens is 2. The number of rotatable bonds is 1. The van der Waals surface area contributed by atoms with Crippen molar-refractivity contribution < 1.29 is 4.79 Å². The predicted molar refractivity (Wildman–Crippen MR) is 35.2 cm³/mol. The molecule has 0 unspecified atom stereocenters. The van der Waals surface area contributed by atoms with E-state index < -0.39 is 0 Å². The quantitative estimate of drug-likeness (QED) is 0.601. The lowest BCUT2D eigenvalue weighted by Gasteiger charge is -1.95. The van der Waals surface area contributed by atoms with Crippen molar-refractivity contribution >= 4 is 11.7 Å². The van der Waals surface area contributed by atoms with Crippen LogP contribution in [-0.4, -0.2) is 15.9 Å². The molecule has 1 N–H and O–H groups in total. The van der Waals surface area contributed by atoms with Gasteiger partial charge >= 0.3 is 0 Å². The molecule has 0 bridgehead atoms. The Morgan fingerprint density at radius 3 is 3.00 bits per heavy atom. The van der Waals surface area contributed by atoms with Gasteiger partial charge in [-0.15, -0.1) is 0 Å². The Bertz CT molecular complexity index is 222. The number of amides is 1. The van der Waals surface area contributed by atoms with Crippen LogP contribution in [0.5, 0.6) is 0 Å². The van der Waals surface area contributed by atoms with Gasteiger partial charge in [-0.05, 0) is 0 Å². The smallest absolute Gasteiger partial charge is 0.222 e. The van der Waals surface area contributed by atoms with E-state index in [4.69, 9.17) is 0 Å². The van der Waals surface area contributed by atoms with Gasteiger partial charge in [0, 0.05) is 19.3 Å². The van der Waals surface area contributed by atoms with E-state index in [0.29, 0.717) is 5.82 Å². The summed E-state index contributed by atoms with van der Waals surface area (Å²) in [7, 11) is 0. The fourth-order valence-electron chi connectivity index (χ4n) is 0.495. The molecule has 0 aliphatic rings. The minimum absolute atomic E-state index is 0.170. The normalized spacial score (nSPS) is 8.90. The van der Waals surface area contributed by atoms with Gasteiger partial charge in [-0.25, -0.2) is 9.97 Å². The van der Waals surface area contributed by atoms with Crippen molar-refractivity contribution in [2.75, 3.05) is 5.32 Å². The van der Waals surface area contributed by atoms with Crippen LogP contribution in [0.15, 0.2) is 12.4 Å². The molecule has 1 aromatic rings. The Morgan fingerprint density at radius 1 is 1.70 bits per heavy atom. The van der Waals surface area contributed by atoms with Crippen LogP contribution < -0.4 is 5.32 Å². The van der Waals surface area contributed by atoms with Gasteiger partial charge in [0.25, 0.3) is 0 Å². The van der Waals surface area contributed by atoms with Crippen LogP contribution in [0.3, 0.4) is 0 Å². The maximum absolute atomic E-state index is 10.4. The van der Waals surface area contributed by atoms with Gasteiger partial charge in [0.15, 0.2) is 5.82 Å². The molecule has 10 heavy (non-hydrogen) atoms. The van der Waals surface area contributed by atoms with Crippen LogP contribution in [0.25, 0.3) is 0 Å². The van der Waals surface area contributed by atoms with E-state index >= 15 is 0 Å². The number of hydrogen-bond donors (Lipinski definition) is 1. The molecule has 0 atom stereocenters. The molecule has 0 saturated carbocycles. The van der Waals surface area contributed by atoms with Crippen molar-refractivity contribution in [2.45, 2.75) is 6.92 Å². The minimum Gasteiger partial charge on any atom is -0.309 e. The first kappa shape index (κ1) is 6.67. The maximum Gasteiger partial charge on any atom is 0.222 e. The summed E-state index contributed by atoms with van der Waals surface area (Å²) in [6.07, 6.45) is 5.49. The Kier molecular flexibility index (Phi) is 1.94. The van der Waals surface area contributed by atoms with Crippen LogP contribution in [0, 0.1) is 6.20 Å². The Labute approximate surface area is 58.3 Å². The number of carbonyl (C=O) groups is 1. The molecule has 0 fully saturated rings. The summed E-state index contributed by atoms with van der Waals surface area (Å²) in [5.74, 6) is 0.187. The van der Waals surface area contributed by atoms with E-state index in [-0.39, 0.29) is 5.91 Å². The second kappa shape index (κ2) is 2.91. The molecular weight excluding hydrogens is 130 g/mol. The first-order chi connectivity index (χ1) is 4.79. The average molecular weight is 136 g/mol. The van der Waals surface area contributed by atoms with E-state index in [0.717, 1.165) is 0 Å². The van der Waals surface area contributed by atoms with Gasteiger partial charge in [-0.1, -0.05) is 0 Å². The average Bonchev–Trinajstić information content (AvgIpc) is 1.88. The first-order valence-corrected chi connectivity index (χ1v) is 2.75. The van der Waals surface area contributed by atoms with Crippen LogP contribution >= 0.6 is 0 Å². The summed E-state index contributed by atoms with van der Waals surface area (Å²) in [5.41, 5.74) is 0. The molecule has 1 amide bonds. The van der Waals surface area contributed by atoms with Crippen LogP contribution in [-0.2, 0) is 4.79 Å². The molecule has 0 aliphatic carbocycles. The Balaban J connectivity index is 2.67. The van der Waals surface area contributed by atoms with E-state index in [1.807, 2.05) is 0 Å². The molecule has 4 heteroatoms. The lowest BCUT2D eigenvalue weighted by atomic mass is 10.6. The molecule has 1 aromatic heterocycles. The lowest BCUT2D eigenvalue weighted by Crippen LogP contribution is -2.07. The van der Waals surface area contributed by atoms with Crippen molar-refractivity contribution in [3.63, 3.8) is 0 Å². The highest BCUT2D eigenvalue weighted by atomic mass is 16.1. The largest absolute Gasteiger partial charge is 0.309 e. The lowest BCUT2D eigenvalue weighted by molar-refractivity contribution is -0.114. The summed E-state index contributed by atoms with van der Waals surface area (Å²) < 4.78 is 0. The third-order valence-corrected chi connectivity index (χ3v) is 0.810. The SMILES string of the molecule is CC(=O)Nc1[c]nccn1. The maximum atomic E-state index is 10.4. The molecule has 1 rings (SSSR count). The van der Waals surface area contributed by atoms with E-state index in [1.165, 1.54) is 19.3 Å². The summed E-state index contributed by atoms with van der Waals surface area (Å²) in [5, 5.41) is 2.44. The highest BCUT2D eigenvalue weighted by Gasteiger charge is 1.93. The summed E-state index contributed by atoms with van der Waals surface area (Å²) in [6.45, 7) is 1.41. The summed E-state index contributed by atoms with van der Waals surface area (Å²) in [4.78, 5) is 17.8. The van der Waals surface area contributed by atoms with Gasteiger partial charge in [-0.3, -0.25) is 4.79 Å².